The minimum absolute atomic E-state index is 0.0625. The maximum absolute atomic E-state index is 12.9. The minimum atomic E-state index is -3.54. The second-order valence-electron chi connectivity index (χ2n) is 5.64. The van der Waals surface area contributed by atoms with Gasteiger partial charge >= 0.3 is 0 Å². The number of likely N-dealkylation sites (N-methyl/N-ethyl adjacent to an activating group) is 1. The van der Waals surface area contributed by atoms with Crippen molar-refractivity contribution < 1.29 is 13.5 Å². The topological polar surface area (TPSA) is 78.7 Å². The standard InChI is InChI=1S/C13H24N4O3S/c1-10-9-16(6-5-15(10)4)21(19,20)13-11(2)14-17(7-8-18)12(13)3/h10,18H,5-9H2,1-4H3. The van der Waals surface area contributed by atoms with Gasteiger partial charge in [0, 0.05) is 25.7 Å². The molecule has 1 atom stereocenters. The summed E-state index contributed by atoms with van der Waals surface area (Å²) in [6.07, 6.45) is 0. The molecule has 8 heteroatoms. The molecule has 1 aliphatic rings. The van der Waals surface area contributed by atoms with Gasteiger partial charge in [-0.3, -0.25) is 4.68 Å². The van der Waals surface area contributed by atoms with Crippen LogP contribution in [0.1, 0.15) is 18.3 Å². The van der Waals surface area contributed by atoms with Gasteiger partial charge in [-0.25, -0.2) is 8.42 Å². The van der Waals surface area contributed by atoms with Gasteiger partial charge in [-0.15, -0.1) is 0 Å². The van der Waals surface area contributed by atoms with Crippen LogP contribution in [0.5, 0.6) is 0 Å². The predicted molar refractivity (Wildman–Crippen MR) is 79.6 cm³/mol. The summed E-state index contributed by atoms with van der Waals surface area (Å²) in [6, 6.07) is 0.196. The number of sulfonamides is 1. The first kappa shape index (κ1) is 16.4. The van der Waals surface area contributed by atoms with E-state index in [1.165, 1.54) is 4.31 Å². The minimum Gasteiger partial charge on any atom is -0.394 e. The van der Waals surface area contributed by atoms with Crippen LogP contribution in [0.3, 0.4) is 0 Å². The van der Waals surface area contributed by atoms with Gasteiger partial charge in [0.05, 0.1) is 24.5 Å². The summed E-state index contributed by atoms with van der Waals surface area (Å²) in [5, 5.41) is 13.3. The molecule has 1 aliphatic heterocycles. The Morgan fingerprint density at radius 1 is 1.33 bits per heavy atom. The van der Waals surface area contributed by atoms with Crippen molar-refractivity contribution >= 4 is 10.0 Å². The third-order valence-corrected chi connectivity index (χ3v) is 6.27. The van der Waals surface area contributed by atoms with Crippen LogP contribution in [0, 0.1) is 13.8 Å². The Kier molecular flexibility index (Phi) is 4.72. The second kappa shape index (κ2) is 6.04. The number of aromatic nitrogens is 2. The van der Waals surface area contributed by atoms with Crippen molar-refractivity contribution in [2.24, 2.45) is 0 Å². The normalized spacial score (nSPS) is 21.9. The highest BCUT2D eigenvalue weighted by Gasteiger charge is 2.34. The van der Waals surface area contributed by atoms with Crippen LogP contribution >= 0.6 is 0 Å². The SMILES string of the molecule is Cc1nn(CCO)c(C)c1S(=O)(=O)N1CCN(C)C(C)C1. The van der Waals surface area contributed by atoms with Gasteiger partial charge in [-0.05, 0) is 27.8 Å². The summed E-state index contributed by atoms with van der Waals surface area (Å²) >= 11 is 0. The van der Waals surface area contributed by atoms with Crippen molar-refractivity contribution in [1.29, 1.82) is 0 Å². The average molecular weight is 316 g/mol. The Bertz CT molecular complexity index is 611. The van der Waals surface area contributed by atoms with Crippen LogP contribution in [-0.2, 0) is 16.6 Å². The Labute approximate surface area is 126 Å². The Hall–Kier alpha value is -0.960. The van der Waals surface area contributed by atoms with E-state index in [4.69, 9.17) is 5.11 Å². The lowest BCUT2D eigenvalue weighted by Crippen LogP contribution is -2.52. The fraction of sp³-hybridized carbons (Fsp3) is 0.769. The van der Waals surface area contributed by atoms with E-state index in [0.717, 1.165) is 6.54 Å². The maximum atomic E-state index is 12.9. The third-order valence-electron chi connectivity index (χ3n) is 4.15. The summed E-state index contributed by atoms with van der Waals surface area (Å²) in [5.74, 6) is 0. The quantitative estimate of drug-likeness (QED) is 0.833. The first-order valence-electron chi connectivity index (χ1n) is 7.14. The number of aryl methyl sites for hydroxylation is 1. The lowest BCUT2D eigenvalue weighted by atomic mass is 10.2. The number of aliphatic hydroxyl groups excluding tert-OH is 1. The molecule has 0 radical (unpaired) electrons. The summed E-state index contributed by atoms with van der Waals surface area (Å²) < 4.78 is 28.9. The van der Waals surface area contributed by atoms with E-state index in [1.54, 1.807) is 18.5 Å². The highest BCUT2D eigenvalue weighted by Crippen LogP contribution is 2.25. The number of hydrogen-bond donors (Lipinski definition) is 1. The molecule has 0 saturated carbocycles. The molecule has 1 aromatic heterocycles. The van der Waals surface area contributed by atoms with Crippen LogP contribution in [-0.4, -0.2) is 71.8 Å². The van der Waals surface area contributed by atoms with Crippen LogP contribution < -0.4 is 0 Å². The van der Waals surface area contributed by atoms with Crippen molar-refractivity contribution in [3.8, 4) is 0 Å². The van der Waals surface area contributed by atoms with Crippen molar-refractivity contribution in [3.63, 3.8) is 0 Å². The number of nitrogens with zero attached hydrogens (tertiary/aromatic N) is 4. The summed E-state index contributed by atoms with van der Waals surface area (Å²) in [5.41, 5.74) is 1.08. The summed E-state index contributed by atoms with van der Waals surface area (Å²) in [7, 11) is -1.53. The smallest absolute Gasteiger partial charge is 0.246 e. The van der Waals surface area contributed by atoms with Gasteiger partial charge in [-0.2, -0.15) is 9.40 Å². The fourth-order valence-corrected chi connectivity index (χ4v) is 4.61. The molecule has 1 saturated heterocycles. The predicted octanol–water partition coefficient (Wildman–Crippen LogP) is -0.183. The number of aliphatic hydroxyl groups is 1. The van der Waals surface area contributed by atoms with Gasteiger partial charge < -0.3 is 10.0 Å². The van der Waals surface area contributed by atoms with Gasteiger partial charge in [-0.1, -0.05) is 0 Å². The Balaban J connectivity index is 2.36. The lowest BCUT2D eigenvalue weighted by molar-refractivity contribution is 0.159. The lowest BCUT2D eigenvalue weighted by Gasteiger charge is -2.36. The molecule has 120 valence electrons. The van der Waals surface area contributed by atoms with Crippen molar-refractivity contribution in [2.45, 2.75) is 38.3 Å². The van der Waals surface area contributed by atoms with Gasteiger partial charge in [0.15, 0.2) is 0 Å². The number of rotatable bonds is 4. The summed E-state index contributed by atoms with van der Waals surface area (Å²) in [6.45, 7) is 7.42. The highest BCUT2D eigenvalue weighted by molar-refractivity contribution is 7.89. The molecular formula is C13H24N4O3S. The maximum Gasteiger partial charge on any atom is 0.246 e. The second-order valence-corrected chi connectivity index (χ2v) is 7.51. The largest absolute Gasteiger partial charge is 0.394 e. The molecule has 1 fully saturated rings. The fourth-order valence-electron chi connectivity index (χ4n) is 2.73. The first-order valence-corrected chi connectivity index (χ1v) is 8.58. The highest BCUT2D eigenvalue weighted by atomic mass is 32.2. The molecular weight excluding hydrogens is 292 g/mol. The molecule has 7 nitrogen and oxygen atoms in total. The van der Waals surface area contributed by atoms with Crippen LogP contribution in [0.4, 0.5) is 0 Å². The molecule has 2 rings (SSSR count). The Morgan fingerprint density at radius 3 is 2.57 bits per heavy atom. The molecule has 0 aliphatic carbocycles. The molecule has 2 heterocycles. The van der Waals surface area contributed by atoms with Crippen LogP contribution in [0.2, 0.25) is 0 Å². The van der Waals surface area contributed by atoms with Gasteiger partial charge in [0.1, 0.15) is 4.90 Å². The van der Waals surface area contributed by atoms with E-state index in [0.29, 0.717) is 31.0 Å². The van der Waals surface area contributed by atoms with E-state index < -0.39 is 10.0 Å². The molecule has 1 aromatic rings. The van der Waals surface area contributed by atoms with Gasteiger partial charge in [0.2, 0.25) is 10.0 Å². The summed E-state index contributed by atoms with van der Waals surface area (Å²) in [4.78, 5) is 2.44. The monoisotopic (exact) mass is 316 g/mol. The number of piperazine rings is 1. The van der Waals surface area contributed by atoms with Crippen LogP contribution in [0.15, 0.2) is 4.90 Å². The molecule has 21 heavy (non-hydrogen) atoms. The zero-order chi connectivity index (χ0) is 15.8. The zero-order valence-corrected chi connectivity index (χ0v) is 13.9. The molecule has 0 bridgehead atoms. The molecule has 0 aromatic carbocycles. The average Bonchev–Trinajstić information content (AvgIpc) is 2.68. The van der Waals surface area contributed by atoms with E-state index in [9.17, 15) is 8.42 Å². The van der Waals surface area contributed by atoms with Crippen molar-refractivity contribution in [2.75, 3.05) is 33.3 Å². The van der Waals surface area contributed by atoms with Crippen LogP contribution in [0.25, 0.3) is 0 Å². The van der Waals surface area contributed by atoms with E-state index in [-0.39, 0.29) is 17.5 Å². The van der Waals surface area contributed by atoms with E-state index >= 15 is 0 Å². The van der Waals surface area contributed by atoms with E-state index in [2.05, 4.69) is 10.00 Å². The van der Waals surface area contributed by atoms with Gasteiger partial charge in [0.25, 0.3) is 0 Å². The molecule has 0 spiro atoms. The first-order chi connectivity index (χ1) is 9.78. The third kappa shape index (κ3) is 2.98. The molecule has 1 N–H and O–H groups in total. The molecule has 1 unspecified atom stereocenters. The van der Waals surface area contributed by atoms with E-state index in [1.807, 2.05) is 14.0 Å². The van der Waals surface area contributed by atoms with Crippen molar-refractivity contribution in [3.05, 3.63) is 11.4 Å². The number of hydrogen-bond acceptors (Lipinski definition) is 5. The molecule has 0 amide bonds. The Morgan fingerprint density at radius 2 is 2.00 bits per heavy atom. The van der Waals surface area contributed by atoms with Crippen molar-refractivity contribution in [1.82, 2.24) is 19.0 Å². The zero-order valence-electron chi connectivity index (χ0n) is 13.1.